The summed E-state index contributed by atoms with van der Waals surface area (Å²) in [5, 5.41) is 9.03. The van der Waals surface area contributed by atoms with Crippen LogP contribution in [0.1, 0.15) is 37.8 Å². The van der Waals surface area contributed by atoms with Crippen LogP contribution in [0.4, 0.5) is 0 Å². The first-order valence-corrected chi connectivity index (χ1v) is 7.25. The molecule has 1 aromatic rings. The highest BCUT2D eigenvalue weighted by Crippen LogP contribution is 2.28. The fraction of sp³-hybridized carbons (Fsp3) is 0.533. The minimum absolute atomic E-state index is 0.609. The van der Waals surface area contributed by atoms with Crippen molar-refractivity contribution in [2.24, 2.45) is 5.41 Å². The van der Waals surface area contributed by atoms with E-state index in [2.05, 4.69) is 32.0 Å². The van der Waals surface area contributed by atoms with Crippen LogP contribution in [0.25, 0.3) is 0 Å². The lowest BCUT2D eigenvalue weighted by Crippen LogP contribution is -2.23. The Morgan fingerprint density at radius 3 is 2.61 bits per heavy atom. The van der Waals surface area contributed by atoms with Crippen molar-refractivity contribution in [2.45, 2.75) is 45.4 Å². The van der Waals surface area contributed by atoms with Crippen LogP contribution in [-0.4, -0.2) is 16.8 Å². The summed E-state index contributed by atoms with van der Waals surface area (Å²) in [5.74, 6) is 0.264. The molecule has 100 valence electrons. The molecule has 0 spiro atoms. The second kappa shape index (κ2) is 6.28. The molecule has 0 radical (unpaired) electrons. The molecule has 18 heavy (non-hydrogen) atoms. The minimum atomic E-state index is -0.709. The second-order valence-corrected chi connectivity index (χ2v) is 6.55. The van der Waals surface area contributed by atoms with Crippen molar-refractivity contribution in [3.05, 3.63) is 29.3 Å². The van der Waals surface area contributed by atoms with Gasteiger partial charge in [0, 0.05) is 4.90 Å². The highest BCUT2D eigenvalue weighted by molar-refractivity contribution is 7.99. The summed E-state index contributed by atoms with van der Waals surface area (Å²) in [5.41, 5.74) is 1.96. The van der Waals surface area contributed by atoms with Crippen LogP contribution in [0.15, 0.2) is 23.1 Å². The van der Waals surface area contributed by atoms with Crippen molar-refractivity contribution in [3.63, 3.8) is 0 Å². The third-order valence-electron chi connectivity index (χ3n) is 3.13. The number of aliphatic carboxylic acids is 1. The Labute approximate surface area is 114 Å². The van der Waals surface area contributed by atoms with E-state index in [-0.39, 0.29) is 0 Å². The number of hydrogen-bond acceptors (Lipinski definition) is 2. The summed E-state index contributed by atoms with van der Waals surface area (Å²) in [4.78, 5) is 12.3. The third kappa shape index (κ3) is 4.37. The van der Waals surface area contributed by atoms with Crippen LogP contribution in [0, 0.1) is 19.3 Å². The molecule has 0 saturated heterocycles. The Morgan fingerprint density at radius 1 is 1.33 bits per heavy atom. The van der Waals surface area contributed by atoms with Crippen LogP contribution in [0.5, 0.6) is 0 Å². The van der Waals surface area contributed by atoms with E-state index in [9.17, 15) is 4.79 Å². The second-order valence-electron chi connectivity index (χ2n) is 5.41. The van der Waals surface area contributed by atoms with E-state index in [1.165, 1.54) is 16.0 Å². The fourth-order valence-electron chi connectivity index (χ4n) is 1.67. The summed E-state index contributed by atoms with van der Waals surface area (Å²) in [7, 11) is 0. The number of rotatable bonds is 6. The zero-order chi connectivity index (χ0) is 13.8. The molecule has 0 aliphatic carbocycles. The van der Waals surface area contributed by atoms with Crippen molar-refractivity contribution in [1.82, 2.24) is 0 Å². The Kier molecular flexibility index (Phi) is 5.27. The van der Waals surface area contributed by atoms with Gasteiger partial charge in [-0.05, 0) is 57.9 Å². The van der Waals surface area contributed by atoms with Gasteiger partial charge in [-0.3, -0.25) is 4.79 Å². The quantitative estimate of drug-likeness (QED) is 0.616. The SMILES string of the molecule is Cc1ccc(C)c(SCCCC(C)(C)C(=O)O)c1. The molecule has 0 aromatic heterocycles. The summed E-state index contributed by atoms with van der Waals surface area (Å²) in [6, 6.07) is 6.45. The number of benzene rings is 1. The van der Waals surface area contributed by atoms with Gasteiger partial charge in [-0.15, -0.1) is 11.8 Å². The third-order valence-corrected chi connectivity index (χ3v) is 4.37. The van der Waals surface area contributed by atoms with Crippen molar-refractivity contribution in [3.8, 4) is 0 Å². The smallest absolute Gasteiger partial charge is 0.309 e. The van der Waals surface area contributed by atoms with Gasteiger partial charge in [0.25, 0.3) is 0 Å². The van der Waals surface area contributed by atoms with Gasteiger partial charge in [-0.1, -0.05) is 17.7 Å². The normalized spacial score (nSPS) is 11.6. The molecule has 1 rings (SSSR count). The van der Waals surface area contributed by atoms with Crippen LogP contribution >= 0.6 is 11.8 Å². The average Bonchev–Trinajstić information content (AvgIpc) is 2.28. The maximum absolute atomic E-state index is 11.0. The number of aryl methyl sites for hydroxylation is 2. The van der Waals surface area contributed by atoms with Crippen molar-refractivity contribution in [1.29, 1.82) is 0 Å². The monoisotopic (exact) mass is 266 g/mol. The number of carboxylic acids is 1. The highest BCUT2D eigenvalue weighted by atomic mass is 32.2. The van der Waals surface area contributed by atoms with Crippen LogP contribution in [0.3, 0.4) is 0 Å². The lowest BCUT2D eigenvalue weighted by atomic mass is 9.88. The molecule has 0 saturated carbocycles. The van der Waals surface area contributed by atoms with Crippen molar-refractivity contribution in [2.75, 3.05) is 5.75 Å². The molecule has 3 heteroatoms. The van der Waals surface area contributed by atoms with E-state index < -0.39 is 11.4 Å². The molecular weight excluding hydrogens is 244 g/mol. The summed E-state index contributed by atoms with van der Waals surface area (Å²) < 4.78 is 0. The molecule has 0 aliphatic rings. The lowest BCUT2D eigenvalue weighted by Gasteiger charge is -2.18. The van der Waals surface area contributed by atoms with Crippen molar-refractivity contribution >= 4 is 17.7 Å². The molecule has 0 atom stereocenters. The zero-order valence-corrected chi connectivity index (χ0v) is 12.4. The average molecular weight is 266 g/mol. The van der Waals surface area contributed by atoms with Crippen LogP contribution < -0.4 is 0 Å². The van der Waals surface area contributed by atoms with Crippen LogP contribution in [0.2, 0.25) is 0 Å². The van der Waals surface area contributed by atoms with Crippen LogP contribution in [-0.2, 0) is 4.79 Å². The number of thioether (sulfide) groups is 1. The van der Waals surface area contributed by atoms with E-state index in [1.54, 1.807) is 13.8 Å². The Hall–Kier alpha value is -0.960. The summed E-state index contributed by atoms with van der Waals surface area (Å²) in [6.45, 7) is 7.79. The summed E-state index contributed by atoms with van der Waals surface area (Å²) >= 11 is 1.82. The first-order chi connectivity index (χ1) is 8.33. The maximum Gasteiger partial charge on any atom is 0.309 e. The minimum Gasteiger partial charge on any atom is -0.481 e. The molecule has 0 amide bonds. The predicted octanol–water partition coefficient (Wildman–Crippen LogP) is 4.29. The Balaban J connectivity index is 2.43. The van der Waals surface area contributed by atoms with Gasteiger partial charge in [0.1, 0.15) is 0 Å². The topological polar surface area (TPSA) is 37.3 Å². The van der Waals surface area contributed by atoms with E-state index >= 15 is 0 Å². The Morgan fingerprint density at radius 2 is 2.00 bits per heavy atom. The molecule has 1 aromatic carbocycles. The maximum atomic E-state index is 11.0. The highest BCUT2D eigenvalue weighted by Gasteiger charge is 2.26. The van der Waals surface area contributed by atoms with E-state index in [1.807, 2.05) is 11.8 Å². The van der Waals surface area contributed by atoms with Gasteiger partial charge < -0.3 is 5.11 Å². The first-order valence-electron chi connectivity index (χ1n) is 6.26. The molecule has 0 heterocycles. The van der Waals surface area contributed by atoms with Gasteiger partial charge in [-0.25, -0.2) is 0 Å². The van der Waals surface area contributed by atoms with E-state index in [0.717, 1.165) is 18.6 Å². The largest absolute Gasteiger partial charge is 0.481 e. The predicted molar refractivity (Wildman–Crippen MR) is 77.3 cm³/mol. The molecule has 0 unspecified atom stereocenters. The number of carboxylic acid groups (broad SMARTS) is 1. The van der Waals surface area contributed by atoms with Gasteiger partial charge in [0.2, 0.25) is 0 Å². The fourth-order valence-corrected chi connectivity index (χ4v) is 2.74. The van der Waals surface area contributed by atoms with Gasteiger partial charge in [0.05, 0.1) is 5.41 Å². The standard InChI is InChI=1S/C15H22O2S/c1-11-6-7-12(2)13(10-11)18-9-5-8-15(3,4)14(16)17/h6-7,10H,5,8-9H2,1-4H3,(H,16,17). The van der Waals surface area contributed by atoms with E-state index in [0.29, 0.717) is 0 Å². The van der Waals surface area contributed by atoms with Crippen molar-refractivity contribution < 1.29 is 9.90 Å². The first kappa shape index (κ1) is 15.1. The molecule has 0 aliphatic heterocycles. The van der Waals surface area contributed by atoms with Gasteiger partial charge >= 0.3 is 5.97 Å². The van der Waals surface area contributed by atoms with Gasteiger partial charge in [-0.2, -0.15) is 0 Å². The molecule has 2 nitrogen and oxygen atoms in total. The zero-order valence-electron chi connectivity index (χ0n) is 11.6. The molecule has 0 bridgehead atoms. The molecular formula is C15H22O2S. The molecule has 0 fully saturated rings. The van der Waals surface area contributed by atoms with Gasteiger partial charge in [0.15, 0.2) is 0 Å². The lowest BCUT2D eigenvalue weighted by molar-refractivity contribution is -0.147. The number of hydrogen-bond donors (Lipinski definition) is 1. The van der Waals surface area contributed by atoms with E-state index in [4.69, 9.17) is 5.11 Å². The Bertz CT molecular complexity index is 425. The number of carbonyl (C=O) groups is 1. The molecule has 1 N–H and O–H groups in total. The summed E-state index contributed by atoms with van der Waals surface area (Å²) in [6.07, 6.45) is 1.65.